The van der Waals surface area contributed by atoms with Crippen molar-refractivity contribution in [3.05, 3.63) is 42.0 Å². The number of hydrogen-bond acceptors (Lipinski definition) is 4. The number of benzene rings is 1. The molecule has 4 unspecified atom stereocenters. The molecule has 1 saturated heterocycles. The van der Waals surface area contributed by atoms with Crippen LogP contribution in [0.15, 0.2) is 30.6 Å². The number of carbonyl (C=O) groups is 1. The van der Waals surface area contributed by atoms with Crippen molar-refractivity contribution in [2.45, 2.75) is 57.8 Å². The third-order valence-electron chi connectivity index (χ3n) is 6.31. The number of nitriles is 1. The second kappa shape index (κ2) is 7.96. The Bertz CT molecular complexity index is 949. The summed E-state index contributed by atoms with van der Waals surface area (Å²) >= 11 is 0. The quantitative estimate of drug-likeness (QED) is 0.788. The fourth-order valence-electron chi connectivity index (χ4n) is 4.72. The van der Waals surface area contributed by atoms with E-state index >= 15 is 0 Å². The van der Waals surface area contributed by atoms with Gasteiger partial charge in [-0.2, -0.15) is 10.4 Å². The van der Waals surface area contributed by atoms with Gasteiger partial charge in [-0.15, -0.1) is 0 Å². The van der Waals surface area contributed by atoms with Crippen LogP contribution >= 0.6 is 0 Å². The molecule has 0 radical (unpaired) electrons. The van der Waals surface area contributed by atoms with E-state index in [0.717, 1.165) is 30.5 Å². The molecule has 2 bridgehead atoms. The van der Waals surface area contributed by atoms with Crippen LogP contribution in [0.4, 0.5) is 4.39 Å². The second-order valence-electron chi connectivity index (χ2n) is 8.24. The molecular formula is C22H26FN5O. The Morgan fingerprint density at radius 2 is 2.28 bits per heavy atom. The molecule has 7 heteroatoms. The third kappa shape index (κ3) is 3.90. The van der Waals surface area contributed by atoms with Crippen LogP contribution in [0.1, 0.15) is 32.3 Å². The van der Waals surface area contributed by atoms with Crippen LogP contribution in [0.25, 0.3) is 11.1 Å². The second-order valence-corrected chi connectivity index (χ2v) is 8.24. The number of carbonyl (C=O) groups excluding carboxylic acids is 1. The molecule has 2 fully saturated rings. The normalized spacial score (nSPS) is 26.3. The molecule has 1 saturated carbocycles. The summed E-state index contributed by atoms with van der Waals surface area (Å²) in [5.41, 5.74) is 2.00. The molecule has 1 aliphatic carbocycles. The molecule has 2 aromatic rings. The van der Waals surface area contributed by atoms with Gasteiger partial charge in [0.2, 0.25) is 5.91 Å². The number of nitrogens with one attached hydrogen (secondary N) is 2. The molecule has 2 N–H and O–H groups in total. The van der Waals surface area contributed by atoms with Gasteiger partial charge in [0.15, 0.2) is 0 Å². The maximum Gasteiger partial charge on any atom is 0.238 e. The molecule has 1 aromatic carbocycles. The molecule has 5 atom stereocenters. The van der Waals surface area contributed by atoms with Gasteiger partial charge < -0.3 is 10.6 Å². The Morgan fingerprint density at radius 3 is 2.90 bits per heavy atom. The van der Waals surface area contributed by atoms with E-state index in [-0.39, 0.29) is 24.2 Å². The lowest BCUT2D eigenvalue weighted by Gasteiger charge is -2.28. The average molecular weight is 395 g/mol. The lowest BCUT2D eigenvalue weighted by Crippen LogP contribution is -2.52. The summed E-state index contributed by atoms with van der Waals surface area (Å²) in [4.78, 5) is 12.7. The Hall–Kier alpha value is -2.72. The predicted octanol–water partition coefficient (Wildman–Crippen LogP) is 2.65. The number of nitrogens with zero attached hydrogens (tertiary/aromatic N) is 3. The number of rotatable bonds is 6. The number of halogens is 1. The number of aromatic nitrogens is 2. The lowest BCUT2D eigenvalue weighted by atomic mass is 9.89. The summed E-state index contributed by atoms with van der Waals surface area (Å²) in [7, 11) is 0. The molecule has 1 aliphatic heterocycles. The number of amides is 1. The zero-order valence-electron chi connectivity index (χ0n) is 16.7. The molecular weight excluding hydrogens is 369 g/mol. The van der Waals surface area contributed by atoms with Crippen molar-refractivity contribution < 1.29 is 9.18 Å². The first kappa shape index (κ1) is 19.6. The van der Waals surface area contributed by atoms with Gasteiger partial charge in [0.25, 0.3) is 0 Å². The Morgan fingerprint density at radius 1 is 1.45 bits per heavy atom. The third-order valence-corrected chi connectivity index (χ3v) is 6.31. The van der Waals surface area contributed by atoms with Crippen LogP contribution in [-0.4, -0.2) is 33.8 Å². The van der Waals surface area contributed by atoms with E-state index in [0.29, 0.717) is 23.4 Å². The first-order valence-electron chi connectivity index (χ1n) is 10.3. The monoisotopic (exact) mass is 395 g/mol. The van der Waals surface area contributed by atoms with E-state index in [9.17, 15) is 14.4 Å². The maximum absolute atomic E-state index is 14.7. The summed E-state index contributed by atoms with van der Waals surface area (Å²) in [5, 5.41) is 19.9. The minimum Gasteiger partial charge on any atom is -0.339 e. The standard InChI is InChI=1S/C22H26FN5O/c1-3-28-12-16(11-25-28)14-4-5-15(20(23)8-14)7-18(10-24)27-22(29)21-19-9-17(26-21)6-13(19)2/h4-5,8,11-13,17-19,21,26H,3,6-7,9H2,1-2H3,(H,27,29)/t13?,17?,18-,19?,21?/m0/s1. The highest BCUT2D eigenvalue weighted by atomic mass is 19.1. The maximum atomic E-state index is 14.7. The van der Waals surface area contributed by atoms with Crippen LogP contribution in [0, 0.1) is 29.0 Å². The van der Waals surface area contributed by atoms with Crippen molar-refractivity contribution in [3.8, 4) is 17.2 Å². The molecule has 2 heterocycles. The zero-order valence-corrected chi connectivity index (χ0v) is 16.7. The topological polar surface area (TPSA) is 82.7 Å². The van der Waals surface area contributed by atoms with Gasteiger partial charge in [-0.3, -0.25) is 9.48 Å². The largest absolute Gasteiger partial charge is 0.339 e. The molecule has 1 aromatic heterocycles. The van der Waals surface area contributed by atoms with E-state index in [1.165, 1.54) is 6.07 Å². The van der Waals surface area contributed by atoms with Gasteiger partial charge in [0, 0.05) is 30.8 Å². The van der Waals surface area contributed by atoms with Crippen molar-refractivity contribution in [3.63, 3.8) is 0 Å². The SMILES string of the molecule is CCn1cc(-c2ccc(C[C@@H](C#N)NC(=O)C3NC4CC(C)C3C4)c(F)c2)cn1. The van der Waals surface area contributed by atoms with Crippen LogP contribution in [0.2, 0.25) is 0 Å². The first-order valence-corrected chi connectivity index (χ1v) is 10.3. The summed E-state index contributed by atoms with van der Waals surface area (Å²) in [6, 6.07) is 6.46. The van der Waals surface area contributed by atoms with Gasteiger partial charge in [0.05, 0.1) is 18.3 Å². The molecule has 4 rings (SSSR count). The summed E-state index contributed by atoms with van der Waals surface area (Å²) in [6.45, 7) is 4.92. The van der Waals surface area contributed by atoms with Crippen molar-refractivity contribution in [1.82, 2.24) is 20.4 Å². The van der Waals surface area contributed by atoms with E-state index < -0.39 is 6.04 Å². The predicted molar refractivity (Wildman–Crippen MR) is 107 cm³/mol. The van der Waals surface area contributed by atoms with E-state index in [4.69, 9.17) is 0 Å². The van der Waals surface area contributed by atoms with E-state index in [1.54, 1.807) is 16.9 Å². The highest BCUT2D eigenvalue weighted by molar-refractivity contribution is 5.83. The molecule has 0 spiro atoms. The van der Waals surface area contributed by atoms with Crippen molar-refractivity contribution in [1.29, 1.82) is 5.26 Å². The minimum absolute atomic E-state index is 0.138. The molecule has 2 aliphatic rings. The minimum atomic E-state index is -0.762. The van der Waals surface area contributed by atoms with Crippen molar-refractivity contribution >= 4 is 5.91 Å². The van der Waals surface area contributed by atoms with Crippen molar-refractivity contribution in [2.24, 2.45) is 11.8 Å². The number of aryl methyl sites for hydroxylation is 1. The summed E-state index contributed by atoms with van der Waals surface area (Å²) in [6.07, 6.45) is 5.83. The van der Waals surface area contributed by atoms with Gasteiger partial charge >= 0.3 is 0 Å². The van der Waals surface area contributed by atoms with Gasteiger partial charge in [0.1, 0.15) is 11.9 Å². The molecule has 6 nitrogen and oxygen atoms in total. The van der Waals surface area contributed by atoms with Gasteiger partial charge in [-0.1, -0.05) is 19.1 Å². The van der Waals surface area contributed by atoms with E-state index in [2.05, 4.69) is 28.7 Å². The number of fused-ring (bicyclic) bond motifs is 2. The highest BCUT2D eigenvalue weighted by Crippen LogP contribution is 2.40. The number of piperidine rings is 1. The smallest absolute Gasteiger partial charge is 0.238 e. The Kier molecular flexibility index (Phi) is 5.37. The Balaban J connectivity index is 1.42. The molecule has 29 heavy (non-hydrogen) atoms. The fourth-order valence-corrected chi connectivity index (χ4v) is 4.72. The van der Waals surface area contributed by atoms with Crippen LogP contribution < -0.4 is 10.6 Å². The molecule has 1 amide bonds. The molecule has 152 valence electrons. The number of hydrogen-bond donors (Lipinski definition) is 2. The van der Waals surface area contributed by atoms with Crippen LogP contribution in [0.5, 0.6) is 0 Å². The first-order chi connectivity index (χ1) is 14.0. The summed E-state index contributed by atoms with van der Waals surface area (Å²) < 4.78 is 16.5. The average Bonchev–Trinajstić information content (AvgIpc) is 3.43. The van der Waals surface area contributed by atoms with Crippen molar-refractivity contribution in [2.75, 3.05) is 0 Å². The lowest BCUT2D eigenvalue weighted by molar-refractivity contribution is -0.124. The van der Waals surface area contributed by atoms with Gasteiger partial charge in [-0.05, 0) is 48.8 Å². The highest BCUT2D eigenvalue weighted by Gasteiger charge is 2.47. The Labute approximate surface area is 170 Å². The van der Waals surface area contributed by atoms with Crippen LogP contribution in [0.3, 0.4) is 0 Å². The fraction of sp³-hybridized carbons (Fsp3) is 0.500. The van der Waals surface area contributed by atoms with Crippen LogP contribution in [-0.2, 0) is 17.8 Å². The summed E-state index contributed by atoms with van der Waals surface area (Å²) in [5.74, 6) is 0.298. The zero-order chi connectivity index (χ0) is 20.5. The van der Waals surface area contributed by atoms with E-state index in [1.807, 2.05) is 19.2 Å². The van der Waals surface area contributed by atoms with Gasteiger partial charge in [-0.25, -0.2) is 4.39 Å².